The summed E-state index contributed by atoms with van der Waals surface area (Å²) in [6.07, 6.45) is 7.33. The molecule has 0 saturated heterocycles. The smallest absolute Gasteiger partial charge is 0.164 e. The topological polar surface area (TPSA) is 64.5 Å². The van der Waals surface area contributed by atoms with Gasteiger partial charge in [-0.05, 0) is 127 Å². The molecular formula is C51H33N5. The summed E-state index contributed by atoms with van der Waals surface area (Å²) in [6.45, 7) is 0. The van der Waals surface area contributed by atoms with Gasteiger partial charge in [-0.1, -0.05) is 115 Å². The molecule has 0 atom stereocenters. The predicted octanol–water partition coefficient (Wildman–Crippen LogP) is 12.6. The van der Waals surface area contributed by atoms with Crippen LogP contribution in [0.25, 0.3) is 100 Å². The molecular weight excluding hydrogens is 683 g/mol. The maximum atomic E-state index is 5.32. The minimum atomic E-state index is 0.602. The van der Waals surface area contributed by atoms with Crippen molar-refractivity contribution < 1.29 is 0 Å². The van der Waals surface area contributed by atoms with Crippen molar-refractivity contribution in [3.63, 3.8) is 0 Å². The van der Waals surface area contributed by atoms with Crippen LogP contribution in [0.2, 0.25) is 0 Å². The van der Waals surface area contributed by atoms with Gasteiger partial charge < -0.3 is 0 Å². The average molecular weight is 716 g/mol. The van der Waals surface area contributed by atoms with Gasteiger partial charge in [0, 0.05) is 41.5 Å². The first-order valence-electron chi connectivity index (χ1n) is 18.6. The summed E-state index contributed by atoms with van der Waals surface area (Å²) in [5.41, 5.74) is 11.5. The fourth-order valence-electron chi connectivity index (χ4n) is 7.52. The molecule has 0 spiro atoms. The van der Waals surface area contributed by atoms with E-state index in [1.807, 2.05) is 67.3 Å². The van der Waals surface area contributed by atoms with Gasteiger partial charge in [0.1, 0.15) is 0 Å². The molecule has 0 fully saturated rings. The highest BCUT2D eigenvalue weighted by Gasteiger charge is 2.18. The third kappa shape index (κ3) is 6.37. The number of aromatic nitrogens is 5. The molecule has 262 valence electrons. The molecule has 0 aliphatic heterocycles. The third-order valence-corrected chi connectivity index (χ3v) is 10.3. The van der Waals surface area contributed by atoms with Gasteiger partial charge >= 0.3 is 0 Å². The molecule has 7 aromatic carbocycles. The van der Waals surface area contributed by atoms with Gasteiger partial charge in [-0.25, -0.2) is 15.0 Å². The maximum absolute atomic E-state index is 5.32. The highest BCUT2D eigenvalue weighted by Crippen LogP contribution is 2.38. The molecule has 0 aliphatic rings. The maximum Gasteiger partial charge on any atom is 0.164 e. The van der Waals surface area contributed by atoms with Crippen LogP contribution < -0.4 is 0 Å². The van der Waals surface area contributed by atoms with Crippen LogP contribution in [-0.4, -0.2) is 24.9 Å². The Morgan fingerprint density at radius 1 is 0.250 bits per heavy atom. The van der Waals surface area contributed by atoms with Crippen LogP contribution in [0.3, 0.4) is 0 Å². The summed E-state index contributed by atoms with van der Waals surface area (Å²) in [4.78, 5) is 24.2. The van der Waals surface area contributed by atoms with Crippen molar-refractivity contribution >= 4 is 21.5 Å². The van der Waals surface area contributed by atoms with Crippen LogP contribution in [-0.2, 0) is 0 Å². The minimum absolute atomic E-state index is 0.602. The average Bonchev–Trinajstić information content (AvgIpc) is 3.29. The number of hydrogen-bond donors (Lipinski definition) is 0. The van der Waals surface area contributed by atoms with E-state index in [4.69, 9.17) is 15.0 Å². The summed E-state index contributed by atoms with van der Waals surface area (Å²) in [7, 11) is 0. The van der Waals surface area contributed by atoms with Gasteiger partial charge in [-0.15, -0.1) is 0 Å². The van der Waals surface area contributed by atoms with Crippen molar-refractivity contribution in [2.45, 2.75) is 0 Å². The number of rotatable bonds is 7. The molecule has 0 unspecified atom stereocenters. The van der Waals surface area contributed by atoms with E-state index in [9.17, 15) is 0 Å². The Labute approximate surface area is 324 Å². The lowest BCUT2D eigenvalue weighted by atomic mass is 9.93. The molecule has 0 amide bonds. The van der Waals surface area contributed by atoms with Gasteiger partial charge in [0.25, 0.3) is 0 Å². The monoisotopic (exact) mass is 715 g/mol. The molecule has 0 N–H and O–H groups in total. The Hall–Kier alpha value is -7.63. The lowest BCUT2D eigenvalue weighted by molar-refractivity contribution is 1.08. The molecule has 3 aromatic heterocycles. The number of fused-ring (bicyclic) bond motifs is 3. The number of pyridine rings is 2. The van der Waals surface area contributed by atoms with Crippen molar-refractivity contribution in [2.75, 3.05) is 0 Å². The number of hydrogen-bond acceptors (Lipinski definition) is 5. The van der Waals surface area contributed by atoms with Crippen LogP contribution in [0.5, 0.6) is 0 Å². The first kappa shape index (κ1) is 33.0. The lowest BCUT2D eigenvalue weighted by Gasteiger charge is -2.15. The molecule has 5 nitrogen and oxygen atoms in total. The summed E-state index contributed by atoms with van der Waals surface area (Å²) in [5.74, 6) is 1.85. The lowest BCUT2D eigenvalue weighted by Crippen LogP contribution is -2.01. The van der Waals surface area contributed by atoms with Crippen LogP contribution in [0, 0.1) is 0 Å². The number of nitrogens with zero attached hydrogens (tertiary/aromatic N) is 5. The molecule has 0 saturated carbocycles. The van der Waals surface area contributed by atoms with Crippen molar-refractivity contribution in [1.29, 1.82) is 0 Å². The van der Waals surface area contributed by atoms with Gasteiger partial charge in [0.2, 0.25) is 0 Å². The Balaban J connectivity index is 1.21. The molecule has 3 heterocycles. The minimum Gasteiger partial charge on any atom is -0.265 e. The summed E-state index contributed by atoms with van der Waals surface area (Å²) in [5, 5.41) is 4.59. The van der Waals surface area contributed by atoms with E-state index < -0.39 is 0 Å². The predicted molar refractivity (Wildman–Crippen MR) is 228 cm³/mol. The second-order valence-electron chi connectivity index (χ2n) is 13.8. The molecule has 10 rings (SSSR count). The second-order valence-corrected chi connectivity index (χ2v) is 13.8. The van der Waals surface area contributed by atoms with E-state index >= 15 is 0 Å². The zero-order chi connectivity index (χ0) is 37.3. The van der Waals surface area contributed by atoms with Crippen LogP contribution in [0.15, 0.2) is 201 Å². The highest BCUT2D eigenvalue weighted by molar-refractivity contribution is 6.13. The Morgan fingerprint density at radius 3 is 1.29 bits per heavy atom. The first-order valence-corrected chi connectivity index (χ1v) is 18.6. The summed E-state index contributed by atoms with van der Waals surface area (Å²) < 4.78 is 0. The molecule has 0 radical (unpaired) electrons. The normalized spacial score (nSPS) is 11.2. The first-order chi connectivity index (χ1) is 27.7. The van der Waals surface area contributed by atoms with Crippen LogP contribution in [0.1, 0.15) is 0 Å². The summed E-state index contributed by atoms with van der Waals surface area (Å²) >= 11 is 0. The van der Waals surface area contributed by atoms with E-state index in [2.05, 4.69) is 143 Å². The molecule has 0 bridgehead atoms. The van der Waals surface area contributed by atoms with E-state index in [1.54, 1.807) is 0 Å². The Kier molecular flexibility index (Phi) is 8.43. The standard InChI is InChI=1S/C51H33N5/c1-2-10-36(11-3-1)49-54-50(56-51(55-49)48-33-41-12-4-5-17-45(41)46-18-6-7-19-47(46)48)44-31-42(39-15-8-13-37(28-39)34-20-24-52-25-21-34)30-43(32-44)40-16-9-14-38(29-40)35-22-26-53-27-23-35/h1-33H. The highest BCUT2D eigenvalue weighted by atomic mass is 15.0. The molecule has 10 aromatic rings. The summed E-state index contributed by atoms with van der Waals surface area (Å²) in [6, 6.07) is 61.5. The van der Waals surface area contributed by atoms with Gasteiger partial charge in [0.05, 0.1) is 0 Å². The quantitative estimate of drug-likeness (QED) is 0.154. The molecule has 0 aliphatic carbocycles. The van der Waals surface area contributed by atoms with Crippen molar-refractivity contribution in [3.8, 4) is 78.7 Å². The largest absolute Gasteiger partial charge is 0.265 e. The fourth-order valence-corrected chi connectivity index (χ4v) is 7.52. The zero-order valence-electron chi connectivity index (χ0n) is 30.3. The van der Waals surface area contributed by atoms with Gasteiger partial charge in [0.15, 0.2) is 17.5 Å². The van der Waals surface area contributed by atoms with E-state index in [0.29, 0.717) is 17.5 Å². The molecule has 56 heavy (non-hydrogen) atoms. The van der Waals surface area contributed by atoms with Gasteiger partial charge in [-0.2, -0.15) is 0 Å². The SMILES string of the molecule is c1ccc(-c2nc(-c3cc(-c4cccc(-c5ccncc5)c4)cc(-c4cccc(-c5ccncc5)c4)c3)nc(-c3cc4ccccc4c4ccccc34)n2)cc1. The number of benzene rings is 7. The van der Waals surface area contributed by atoms with Crippen molar-refractivity contribution in [2.24, 2.45) is 0 Å². The van der Waals surface area contributed by atoms with E-state index in [-0.39, 0.29) is 0 Å². The van der Waals surface area contributed by atoms with E-state index in [1.165, 1.54) is 5.39 Å². The zero-order valence-corrected chi connectivity index (χ0v) is 30.3. The van der Waals surface area contributed by atoms with Crippen LogP contribution in [0.4, 0.5) is 0 Å². The van der Waals surface area contributed by atoms with E-state index in [0.717, 1.165) is 77.4 Å². The van der Waals surface area contributed by atoms with Gasteiger partial charge in [-0.3, -0.25) is 9.97 Å². The van der Waals surface area contributed by atoms with Crippen molar-refractivity contribution in [3.05, 3.63) is 201 Å². The third-order valence-electron chi connectivity index (χ3n) is 10.3. The van der Waals surface area contributed by atoms with Crippen LogP contribution >= 0.6 is 0 Å². The fraction of sp³-hybridized carbons (Fsp3) is 0. The second kappa shape index (κ2) is 14.3. The Morgan fingerprint density at radius 2 is 0.679 bits per heavy atom. The molecule has 5 heteroatoms. The Bertz CT molecular complexity index is 2920. The van der Waals surface area contributed by atoms with Crippen molar-refractivity contribution in [1.82, 2.24) is 24.9 Å².